The predicted molar refractivity (Wildman–Crippen MR) is 96.6 cm³/mol. The van der Waals surface area contributed by atoms with Crippen molar-refractivity contribution in [3.05, 3.63) is 35.7 Å². The van der Waals surface area contributed by atoms with Crippen molar-refractivity contribution < 1.29 is 22.7 Å². The third-order valence-corrected chi connectivity index (χ3v) is 4.48. The molecule has 1 fully saturated rings. The first-order valence-corrected chi connectivity index (χ1v) is 9.11. The first kappa shape index (κ1) is 20.2. The summed E-state index contributed by atoms with van der Waals surface area (Å²) in [5, 5.41) is 6.92. The van der Waals surface area contributed by atoms with E-state index in [0.29, 0.717) is 37.3 Å². The molecule has 152 valence electrons. The van der Waals surface area contributed by atoms with E-state index >= 15 is 0 Å². The van der Waals surface area contributed by atoms with Gasteiger partial charge in [0.2, 0.25) is 0 Å². The van der Waals surface area contributed by atoms with Gasteiger partial charge in [0, 0.05) is 24.6 Å². The molecule has 6 nitrogen and oxygen atoms in total. The molecule has 2 aromatic rings. The highest BCUT2D eigenvalue weighted by molar-refractivity contribution is 5.68. The van der Waals surface area contributed by atoms with Gasteiger partial charge in [0.25, 0.3) is 0 Å². The number of benzene rings is 1. The fourth-order valence-corrected chi connectivity index (χ4v) is 3.08. The Hall–Kier alpha value is -2.58. The van der Waals surface area contributed by atoms with Crippen LogP contribution >= 0.6 is 0 Å². The van der Waals surface area contributed by atoms with Crippen molar-refractivity contribution >= 4 is 6.09 Å². The number of rotatable bonds is 2. The molecule has 1 aromatic heterocycles. The normalized spacial score (nSPS) is 16.3. The average molecular weight is 396 g/mol. The fourth-order valence-electron chi connectivity index (χ4n) is 3.08. The third-order valence-electron chi connectivity index (χ3n) is 4.48. The highest BCUT2D eigenvalue weighted by Gasteiger charge is 2.31. The van der Waals surface area contributed by atoms with Gasteiger partial charge in [0.15, 0.2) is 5.82 Å². The number of amides is 1. The largest absolute Gasteiger partial charge is 0.444 e. The van der Waals surface area contributed by atoms with Crippen LogP contribution in [0, 0.1) is 0 Å². The molecule has 0 radical (unpaired) electrons. The number of carbonyl (C=O) groups excluding carboxylic acids is 1. The monoisotopic (exact) mass is 396 g/mol. The Kier molecular flexibility index (Phi) is 5.36. The molecule has 0 saturated carbocycles. The van der Waals surface area contributed by atoms with Crippen molar-refractivity contribution in [3.63, 3.8) is 0 Å². The summed E-state index contributed by atoms with van der Waals surface area (Å²) in [5.41, 5.74) is -0.968. The molecule has 1 amide bonds. The van der Waals surface area contributed by atoms with Gasteiger partial charge in [0.1, 0.15) is 11.4 Å². The molecule has 3 rings (SSSR count). The first-order valence-electron chi connectivity index (χ1n) is 9.11. The minimum absolute atomic E-state index is 0.0609. The molecule has 9 heteroatoms. The van der Waals surface area contributed by atoms with E-state index in [4.69, 9.17) is 4.74 Å². The summed E-state index contributed by atoms with van der Waals surface area (Å²) in [4.78, 5) is 18.2. The van der Waals surface area contributed by atoms with Crippen molar-refractivity contribution in [2.45, 2.75) is 51.3 Å². The van der Waals surface area contributed by atoms with Crippen LogP contribution in [0.25, 0.3) is 11.4 Å². The molecule has 1 aromatic carbocycles. The van der Waals surface area contributed by atoms with Crippen LogP contribution in [-0.4, -0.2) is 44.9 Å². The van der Waals surface area contributed by atoms with E-state index in [2.05, 4.69) is 15.2 Å². The zero-order valence-corrected chi connectivity index (χ0v) is 16.0. The van der Waals surface area contributed by atoms with Gasteiger partial charge in [0.05, 0.1) is 5.56 Å². The molecular weight excluding hydrogens is 373 g/mol. The van der Waals surface area contributed by atoms with Crippen LogP contribution in [0.15, 0.2) is 24.3 Å². The van der Waals surface area contributed by atoms with Crippen molar-refractivity contribution in [1.29, 1.82) is 0 Å². The summed E-state index contributed by atoms with van der Waals surface area (Å²) in [6.07, 6.45) is -3.40. The zero-order valence-electron chi connectivity index (χ0n) is 16.0. The van der Waals surface area contributed by atoms with E-state index in [9.17, 15) is 18.0 Å². The number of alkyl halides is 3. The molecule has 1 saturated heterocycles. The molecule has 0 unspecified atom stereocenters. The van der Waals surface area contributed by atoms with E-state index in [0.717, 1.165) is 12.1 Å². The van der Waals surface area contributed by atoms with Crippen LogP contribution in [0.2, 0.25) is 0 Å². The van der Waals surface area contributed by atoms with Crippen LogP contribution in [0.5, 0.6) is 0 Å². The minimum Gasteiger partial charge on any atom is -0.444 e. The van der Waals surface area contributed by atoms with Gasteiger partial charge in [-0.05, 0) is 45.7 Å². The van der Waals surface area contributed by atoms with Gasteiger partial charge in [-0.15, -0.1) is 0 Å². The summed E-state index contributed by atoms with van der Waals surface area (Å²) >= 11 is 0. The molecular formula is C19H23F3N4O2. The maximum Gasteiger partial charge on any atom is 0.416 e. The van der Waals surface area contributed by atoms with E-state index in [1.165, 1.54) is 6.07 Å². The minimum atomic E-state index is -4.41. The van der Waals surface area contributed by atoms with Gasteiger partial charge < -0.3 is 9.64 Å². The van der Waals surface area contributed by atoms with Crippen LogP contribution in [-0.2, 0) is 10.9 Å². The van der Waals surface area contributed by atoms with Crippen molar-refractivity contribution in [3.8, 4) is 11.4 Å². The van der Waals surface area contributed by atoms with E-state index in [1.54, 1.807) is 11.0 Å². The number of ether oxygens (including phenoxy) is 1. The Bertz CT molecular complexity index is 834. The Labute approximate surface area is 161 Å². The Morgan fingerprint density at radius 2 is 1.89 bits per heavy atom. The van der Waals surface area contributed by atoms with Crippen molar-refractivity contribution in [2.75, 3.05) is 13.1 Å². The number of H-pyrrole nitrogens is 1. The average Bonchev–Trinajstić information content (AvgIpc) is 3.10. The summed E-state index contributed by atoms with van der Waals surface area (Å²) in [6, 6.07) is 4.95. The maximum atomic E-state index is 12.9. The second-order valence-corrected chi connectivity index (χ2v) is 7.86. The van der Waals surface area contributed by atoms with Crippen LogP contribution in [0.3, 0.4) is 0 Å². The summed E-state index contributed by atoms with van der Waals surface area (Å²) in [6.45, 7) is 6.52. The molecule has 28 heavy (non-hydrogen) atoms. The van der Waals surface area contributed by atoms with Gasteiger partial charge in [-0.2, -0.15) is 18.3 Å². The predicted octanol–water partition coefficient (Wildman–Crippen LogP) is 4.61. The Balaban J connectivity index is 1.65. The Morgan fingerprint density at radius 1 is 1.21 bits per heavy atom. The lowest BCUT2D eigenvalue weighted by molar-refractivity contribution is -0.137. The number of hydrogen-bond donors (Lipinski definition) is 1. The number of piperidine rings is 1. The van der Waals surface area contributed by atoms with Crippen LogP contribution in [0.1, 0.15) is 50.9 Å². The zero-order chi connectivity index (χ0) is 20.5. The topological polar surface area (TPSA) is 71.1 Å². The Morgan fingerprint density at radius 3 is 2.50 bits per heavy atom. The number of hydrogen-bond acceptors (Lipinski definition) is 4. The number of nitrogens with one attached hydrogen (secondary N) is 1. The highest BCUT2D eigenvalue weighted by atomic mass is 19.4. The summed E-state index contributed by atoms with van der Waals surface area (Å²) in [5.74, 6) is 0.914. The number of aromatic nitrogens is 3. The second kappa shape index (κ2) is 7.44. The van der Waals surface area contributed by atoms with Crippen molar-refractivity contribution in [2.24, 2.45) is 0 Å². The standard InChI is InChI=1S/C19H23F3N4O2/c1-18(2,3)28-17(27)26-9-7-12(8-10-26)15-23-16(25-24-15)13-5-4-6-14(11-13)19(20,21)22/h4-6,11-12H,7-10H2,1-3H3,(H,23,24,25). The van der Waals surface area contributed by atoms with Crippen LogP contribution in [0.4, 0.5) is 18.0 Å². The van der Waals surface area contributed by atoms with E-state index in [1.807, 2.05) is 20.8 Å². The van der Waals surface area contributed by atoms with Gasteiger partial charge >= 0.3 is 12.3 Å². The number of aromatic amines is 1. The number of likely N-dealkylation sites (tertiary alicyclic amines) is 1. The molecule has 1 aliphatic heterocycles. The van der Waals surface area contributed by atoms with Gasteiger partial charge in [-0.3, -0.25) is 5.10 Å². The molecule has 1 N–H and O–H groups in total. The summed E-state index contributed by atoms with van der Waals surface area (Å²) in [7, 11) is 0. The molecule has 1 aliphatic rings. The van der Waals surface area contributed by atoms with Crippen molar-refractivity contribution in [1.82, 2.24) is 20.1 Å². The quantitative estimate of drug-likeness (QED) is 0.805. The number of nitrogens with zero attached hydrogens (tertiary/aromatic N) is 3. The number of halogens is 3. The third kappa shape index (κ3) is 4.82. The lowest BCUT2D eigenvalue weighted by Crippen LogP contribution is -2.41. The van der Waals surface area contributed by atoms with Gasteiger partial charge in [-0.25, -0.2) is 9.78 Å². The lowest BCUT2D eigenvalue weighted by atomic mass is 9.96. The van der Waals surface area contributed by atoms with E-state index < -0.39 is 17.3 Å². The fraction of sp³-hybridized carbons (Fsp3) is 0.526. The molecule has 0 spiro atoms. The van der Waals surface area contributed by atoms with Gasteiger partial charge in [-0.1, -0.05) is 12.1 Å². The van der Waals surface area contributed by atoms with Crippen LogP contribution < -0.4 is 0 Å². The summed E-state index contributed by atoms with van der Waals surface area (Å²) < 4.78 is 44.1. The molecule has 0 aliphatic carbocycles. The first-order chi connectivity index (χ1) is 13.0. The smallest absolute Gasteiger partial charge is 0.416 e. The maximum absolute atomic E-state index is 12.9. The second-order valence-electron chi connectivity index (χ2n) is 7.86. The lowest BCUT2D eigenvalue weighted by Gasteiger charge is -2.32. The highest BCUT2D eigenvalue weighted by Crippen LogP contribution is 2.32. The molecule has 0 bridgehead atoms. The SMILES string of the molecule is CC(C)(C)OC(=O)N1CCC(c2nc(-c3cccc(C(F)(F)F)c3)n[nH]2)CC1. The molecule has 0 atom stereocenters. The van der Waals surface area contributed by atoms with E-state index in [-0.39, 0.29) is 17.8 Å². The number of carbonyl (C=O) groups is 1. The molecule has 2 heterocycles.